The Morgan fingerprint density at radius 1 is 1.17 bits per heavy atom. The molecule has 18 heavy (non-hydrogen) atoms. The first kappa shape index (κ1) is 13.8. The Labute approximate surface area is 110 Å². The van der Waals surface area contributed by atoms with Crippen molar-refractivity contribution in [3.63, 3.8) is 0 Å². The molecule has 0 atom stereocenters. The quantitative estimate of drug-likeness (QED) is 0.828. The lowest BCUT2D eigenvalue weighted by atomic mass is 10.0. The van der Waals surface area contributed by atoms with Crippen molar-refractivity contribution in [2.24, 2.45) is 5.41 Å². The van der Waals surface area contributed by atoms with Crippen LogP contribution >= 0.6 is 0 Å². The molecular formula is C14H26N2O2. The van der Waals surface area contributed by atoms with Crippen LogP contribution in [-0.4, -0.2) is 59.1 Å². The predicted molar refractivity (Wildman–Crippen MR) is 71.7 cm³/mol. The standard InChI is InChI=1S/C14H26N2O2/c1-13(2,3)16-8-6-15(7-9-16)11-14(4-5-14)10-12(17)18/h4-11H2,1-3H3,(H,17,18). The van der Waals surface area contributed by atoms with E-state index in [1.807, 2.05) is 0 Å². The van der Waals surface area contributed by atoms with Crippen molar-refractivity contribution in [3.05, 3.63) is 0 Å². The predicted octanol–water partition coefficient (Wildman–Crippen LogP) is 1.66. The van der Waals surface area contributed by atoms with Gasteiger partial charge >= 0.3 is 5.97 Å². The van der Waals surface area contributed by atoms with E-state index in [0.29, 0.717) is 6.42 Å². The maximum Gasteiger partial charge on any atom is 0.303 e. The molecular weight excluding hydrogens is 228 g/mol. The van der Waals surface area contributed by atoms with Gasteiger partial charge in [-0.3, -0.25) is 9.69 Å². The van der Waals surface area contributed by atoms with Crippen LogP contribution in [-0.2, 0) is 4.79 Å². The smallest absolute Gasteiger partial charge is 0.303 e. The Bertz CT molecular complexity index is 310. The van der Waals surface area contributed by atoms with E-state index in [9.17, 15) is 4.79 Å². The van der Waals surface area contributed by atoms with E-state index in [1.165, 1.54) is 0 Å². The third-order valence-electron chi connectivity index (χ3n) is 4.36. The zero-order valence-corrected chi connectivity index (χ0v) is 11.9. The van der Waals surface area contributed by atoms with Gasteiger partial charge in [0.05, 0.1) is 6.42 Å². The number of rotatable bonds is 4. The van der Waals surface area contributed by atoms with E-state index in [0.717, 1.165) is 45.6 Å². The number of nitrogens with zero attached hydrogens (tertiary/aromatic N) is 2. The summed E-state index contributed by atoms with van der Waals surface area (Å²) in [6, 6.07) is 0. The molecule has 2 rings (SSSR count). The van der Waals surface area contributed by atoms with Gasteiger partial charge < -0.3 is 10.0 Å². The number of hydrogen-bond donors (Lipinski definition) is 1. The summed E-state index contributed by atoms with van der Waals surface area (Å²) in [5.74, 6) is -0.638. The normalized spacial score (nSPS) is 25.1. The third-order valence-corrected chi connectivity index (χ3v) is 4.36. The molecule has 2 fully saturated rings. The molecule has 1 aliphatic heterocycles. The Hall–Kier alpha value is -0.610. The Morgan fingerprint density at radius 3 is 2.11 bits per heavy atom. The number of hydrogen-bond acceptors (Lipinski definition) is 3. The fourth-order valence-electron chi connectivity index (χ4n) is 2.94. The monoisotopic (exact) mass is 254 g/mol. The molecule has 0 aromatic rings. The van der Waals surface area contributed by atoms with Crippen molar-refractivity contribution in [2.75, 3.05) is 32.7 Å². The molecule has 0 radical (unpaired) electrons. The molecule has 4 nitrogen and oxygen atoms in total. The van der Waals surface area contributed by atoms with Crippen molar-refractivity contribution in [2.45, 2.75) is 45.6 Å². The van der Waals surface area contributed by atoms with E-state index < -0.39 is 5.97 Å². The topological polar surface area (TPSA) is 43.8 Å². The van der Waals surface area contributed by atoms with Crippen molar-refractivity contribution in [1.29, 1.82) is 0 Å². The summed E-state index contributed by atoms with van der Waals surface area (Å²) in [4.78, 5) is 15.8. The van der Waals surface area contributed by atoms with E-state index in [-0.39, 0.29) is 11.0 Å². The highest BCUT2D eigenvalue weighted by Gasteiger charge is 2.45. The van der Waals surface area contributed by atoms with E-state index in [2.05, 4.69) is 30.6 Å². The SMILES string of the molecule is CC(C)(C)N1CCN(CC2(CC(=O)O)CC2)CC1. The van der Waals surface area contributed by atoms with Gasteiger partial charge in [-0.25, -0.2) is 0 Å². The summed E-state index contributed by atoms with van der Waals surface area (Å²) in [6.45, 7) is 12.1. The van der Waals surface area contributed by atoms with Crippen LogP contribution in [0.1, 0.15) is 40.0 Å². The summed E-state index contributed by atoms with van der Waals surface area (Å²) in [6.07, 6.45) is 2.55. The number of carbonyl (C=O) groups is 1. The molecule has 0 aromatic heterocycles. The van der Waals surface area contributed by atoms with E-state index >= 15 is 0 Å². The lowest BCUT2D eigenvalue weighted by Gasteiger charge is -2.43. The lowest BCUT2D eigenvalue weighted by molar-refractivity contribution is -0.138. The van der Waals surface area contributed by atoms with Crippen LogP contribution in [0.5, 0.6) is 0 Å². The highest BCUT2D eigenvalue weighted by atomic mass is 16.4. The van der Waals surface area contributed by atoms with E-state index in [1.54, 1.807) is 0 Å². The van der Waals surface area contributed by atoms with Crippen LogP contribution in [0.4, 0.5) is 0 Å². The van der Waals surface area contributed by atoms with Crippen LogP contribution in [0, 0.1) is 5.41 Å². The van der Waals surface area contributed by atoms with Crippen molar-refractivity contribution in [1.82, 2.24) is 9.80 Å². The van der Waals surface area contributed by atoms with Crippen LogP contribution in [0.25, 0.3) is 0 Å². The lowest BCUT2D eigenvalue weighted by Crippen LogP contribution is -2.54. The molecule has 0 spiro atoms. The molecule has 1 N–H and O–H groups in total. The van der Waals surface area contributed by atoms with Crippen LogP contribution in [0.3, 0.4) is 0 Å². The van der Waals surface area contributed by atoms with Gasteiger partial charge in [0.25, 0.3) is 0 Å². The summed E-state index contributed by atoms with van der Waals surface area (Å²) in [5, 5.41) is 8.94. The van der Waals surface area contributed by atoms with E-state index in [4.69, 9.17) is 5.11 Å². The summed E-state index contributed by atoms with van der Waals surface area (Å²) < 4.78 is 0. The van der Waals surface area contributed by atoms with Gasteiger partial charge in [0.2, 0.25) is 0 Å². The molecule has 1 heterocycles. The van der Waals surface area contributed by atoms with Crippen LogP contribution in [0.2, 0.25) is 0 Å². The Balaban J connectivity index is 1.79. The van der Waals surface area contributed by atoms with Gasteiger partial charge in [-0.05, 0) is 39.0 Å². The molecule has 1 saturated carbocycles. The van der Waals surface area contributed by atoms with Gasteiger partial charge in [-0.15, -0.1) is 0 Å². The third kappa shape index (κ3) is 3.45. The van der Waals surface area contributed by atoms with Crippen molar-refractivity contribution < 1.29 is 9.90 Å². The zero-order chi connectivity index (χ0) is 13.4. The van der Waals surface area contributed by atoms with Gasteiger partial charge in [0.1, 0.15) is 0 Å². The van der Waals surface area contributed by atoms with Gasteiger partial charge in [-0.1, -0.05) is 0 Å². The Kier molecular flexibility index (Phi) is 3.70. The largest absolute Gasteiger partial charge is 0.481 e. The van der Waals surface area contributed by atoms with Gasteiger partial charge in [0.15, 0.2) is 0 Å². The maximum absolute atomic E-state index is 10.9. The molecule has 1 aliphatic carbocycles. The van der Waals surface area contributed by atoms with Gasteiger partial charge in [-0.2, -0.15) is 0 Å². The summed E-state index contributed by atoms with van der Waals surface area (Å²) >= 11 is 0. The van der Waals surface area contributed by atoms with Crippen molar-refractivity contribution in [3.8, 4) is 0 Å². The number of aliphatic carboxylic acids is 1. The average molecular weight is 254 g/mol. The second-order valence-electron chi connectivity index (χ2n) is 7.00. The molecule has 0 bridgehead atoms. The molecule has 104 valence electrons. The number of piperazine rings is 1. The first-order valence-corrected chi connectivity index (χ1v) is 7.00. The number of carboxylic acids is 1. The highest BCUT2D eigenvalue weighted by molar-refractivity contribution is 5.68. The minimum atomic E-state index is -0.638. The second kappa shape index (κ2) is 4.82. The average Bonchev–Trinajstić information content (AvgIpc) is 2.96. The molecule has 1 saturated heterocycles. The first-order valence-electron chi connectivity index (χ1n) is 7.00. The summed E-state index contributed by atoms with van der Waals surface area (Å²) in [7, 11) is 0. The Morgan fingerprint density at radius 2 is 1.72 bits per heavy atom. The molecule has 2 aliphatic rings. The van der Waals surface area contributed by atoms with Crippen molar-refractivity contribution >= 4 is 5.97 Å². The minimum Gasteiger partial charge on any atom is -0.481 e. The summed E-state index contributed by atoms with van der Waals surface area (Å²) in [5.41, 5.74) is 0.361. The maximum atomic E-state index is 10.9. The molecule has 4 heteroatoms. The van der Waals surface area contributed by atoms with Crippen LogP contribution < -0.4 is 0 Å². The minimum absolute atomic E-state index is 0.107. The highest BCUT2D eigenvalue weighted by Crippen LogP contribution is 2.49. The van der Waals surface area contributed by atoms with Gasteiger partial charge in [0, 0.05) is 38.3 Å². The zero-order valence-electron chi connectivity index (χ0n) is 11.9. The van der Waals surface area contributed by atoms with Crippen LogP contribution in [0.15, 0.2) is 0 Å². The molecule has 0 amide bonds. The fourth-order valence-corrected chi connectivity index (χ4v) is 2.94. The second-order valence-corrected chi connectivity index (χ2v) is 7.00. The molecule has 0 unspecified atom stereocenters. The number of carboxylic acid groups (broad SMARTS) is 1. The molecule has 0 aromatic carbocycles. The fraction of sp³-hybridized carbons (Fsp3) is 0.929. The first-order chi connectivity index (χ1) is 8.31.